The summed E-state index contributed by atoms with van der Waals surface area (Å²) in [5.41, 5.74) is 7.22. The normalized spacial score (nSPS) is 10.9. The summed E-state index contributed by atoms with van der Waals surface area (Å²) in [5.74, 6) is -0.0262. The van der Waals surface area contributed by atoms with Crippen molar-refractivity contribution in [1.82, 2.24) is 20.2 Å². The fourth-order valence-electron chi connectivity index (χ4n) is 3.26. The van der Waals surface area contributed by atoms with E-state index in [4.69, 9.17) is 0 Å². The highest BCUT2D eigenvalue weighted by atomic mass is 16.1. The topological polar surface area (TPSA) is 83.6 Å². The molecule has 0 atom stereocenters. The van der Waals surface area contributed by atoms with Gasteiger partial charge in [0.25, 0.3) is 0 Å². The minimum absolute atomic E-state index is 0.0262. The van der Waals surface area contributed by atoms with Gasteiger partial charge in [0.15, 0.2) is 0 Å². The van der Waals surface area contributed by atoms with Gasteiger partial charge in [-0.05, 0) is 50.1 Å². The molecule has 0 saturated carbocycles. The van der Waals surface area contributed by atoms with Gasteiger partial charge < -0.3 is 5.32 Å². The standard InChI is InChI=1S/C22H21N5O/c1-14-18(15(2)27-26-14)10-11-22(28)24-17-7-5-6-16(12-17)21-13-23-19-8-3-4-9-20(19)25-21/h3-9,12-13H,10-11H2,1-2H3,(H,24,28)(H,26,27). The first-order chi connectivity index (χ1) is 13.6. The summed E-state index contributed by atoms with van der Waals surface area (Å²) in [7, 11) is 0. The molecule has 140 valence electrons. The van der Waals surface area contributed by atoms with E-state index in [9.17, 15) is 4.79 Å². The van der Waals surface area contributed by atoms with Crippen molar-refractivity contribution in [2.75, 3.05) is 5.32 Å². The van der Waals surface area contributed by atoms with E-state index in [1.807, 2.05) is 62.4 Å². The second-order valence-electron chi connectivity index (χ2n) is 6.79. The lowest BCUT2D eigenvalue weighted by Gasteiger charge is -2.08. The zero-order chi connectivity index (χ0) is 19.5. The van der Waals surface area contributed by atoms with Gasteiger partial charge in [-0.3, -0.25) is 14.9 Å². The number of H-pyrrole nitrogens is 1. The molecule has 6 heteroatoms. The summed E-state index contributed by atoms with van der Waals surface area (Å²) < 4.78 is 0. The molecule has 6 nitrogen and oxygen atoms in total. The van der Waals surface area contributed by atoms with Gasteiger partial charge in [-0.1, -0.05) is 24.3 Å². The molecule has 0 fully saturated rings. The third-order valence-electron chi connectivity index (χ3n) is 4.77. The second-order valence-corrected chi connectivity index (χ2v) is 6.79. The van der Waals surface area contributed by atoms with Crippen LogP contribution < -0.4 is 5.32 Å². The molecule has 0 spiro atoms. The van der Waals surface area contributed by atoms with E-state index in [1.165, 1.54) is 0 Å². The van der Waals surface area contributed by atoms with Gasteiger partial charge in [0, 0.05) is 23.4 Å². The van der Waals surface area contributed by atoms with Gasteiger partial charge in [0.05, 0.1) is 28.6 Å². The molecule has 0 saturated heterocycles. The first kappa shape index (κ1) is 17.9. The Morgan fingerprint density at radius 3 is 2.68 bits per heavy atom. The molecule has 2 heterocycles. The molecule has 4 aromatic rings. The summed E-state index contributed by atoms with van der Waals surface area (Å²) in [4.78, 5) is 21.5. The Bertz CT molecular complexity index is 1130. The number of aromatic nitrogens is 4. The van der Waals surface area contributed by atoms with Crippen LogP contribution in [0.3, 0.4) is 0 Å². The maximum absolute atomic E-state index is 12.4. The number of nitrogens with one attached hydrogen (secondary N) is 2. The van der Waals surface area contributed by atoms with E-state index in [1.54, 1.807) is 6.20 Å². The zero-order valence-electron chi connectivity index (χ0n) is 15.9. The number of para-hydroxylation sites is 2. The summed E-state index contributed by atoms with van der Waals surface area (Å²) in [6.45, 7) is 3.92. The Kier molecular flexibility index (Phi) is 4.85. The molecule has 0 unspecified atom stereocenters. The quantitative estimate of drug-likeness (QED) is 0.550. The van der Waals surface area contributed by atoms with Gasteiger partial charge in [0.1, 0.15) is 0 Å². The molecule has 4 rings (SSSR count). The minimum Gasteiger partial charge on any atom is -0.326 e. The highest BCUT2D eigenvalue weighted by Gasteiger charge is 2.10. The number of carbonyl (C=O) groups excluding carboxylic acids is 1. The van der Waals surface area contributed by atoms with E-state index in [-0.39, 0.29) is 5.91 Å². The summed E-state index contributed by atoms with van der Waals surface area (Å²) in [6, 6.07) is 15.4. The summed E-state index contributed by atoms with van der Waals surface area (Å²) >= 11 is 0. The first-order valence-corrected chi connectivity index (χ1v) is 9.22. The van der Waals surface area contributed by atoms with Gasteiger partial charge in [-0.25, -0.2) is 4.98 Å². The van der Waals surface area contributed by atoms with Crippen LogP contribution in [0.5, 0.6) is 0 Å². The van der Waals surface area contributed by atoms with Gasteiger partial charge in [-0.2, -0.15) is 5.10 Å². The van der Waals surface area contributed by atoms with Crippen LogP contribution in [0.4, 0.5) is 5.69 Å². The maximum atomic E-state index is 12.4. The number of carbonyl (C=O) groups is 1. The Morgan fingerprint density at radius 2 is 1.89 bits per heavy atom. The lowest BCUT2D eigenvalue weighted by atomic mass is 10.1. The van der Waals surface area contributed by atoms with Crippen LogP contribution in [0.1, 0.15) is 23.4 Å². The molecule has 0 aliphatic carbocycles. The molecular formula is C22H21N5O. The van der Waals surface area contributed by atoms with E-state index in [2.05, 4.69) is 25.5 Å². The first-order valence-electron chi connectivity index (χ1n) is 9.22. The number of benzene rings is 2. The van der Waals surface area contributed by atoms with Crippen molar-refractivity contribution in [3.63, 3.8) is 0 Å². The average Bonchev–Trinajstić information content (AvgIpc) is 3.04. The fraction of sp³-hybridized carbons (Fsp3) is 0.182. The molecule has 0 bridgehead atoms. The molecule has 1 amide bonds. The number of aromatic amines is 1. The Labute approximate surface area is 163 Å². The lowest BCUT2D eigenvalue weighted by Crippen LogP contribution is -2.12. The smallest absolute Gasteiger partial charge is 0.224 e. The monoisotopic (exact) mass is 371 g/mol. The van der Waals surface area contributed by atoms with Crippen molar-refractivity contribution in [2.45, 2.75) is 26.7 Å². The largest absolute Gasteiger partial charge is 0.326 e. The van der Waals surface area contributed by atoms with Crippen LogP contribution in [0.25, 0.3) is 22.3 Å². The zero-order valence-corrected chi connectivity index (χ0v) is 15.9. The molecular weight excluding hydrogens is 350 g/mol. The third-order valence-corrected chi connectivity index (χ3v) is 4.77. The maximum Gasteiger partial charge on any atom is 0.224 e. The number of amides is 1. The number of nitrogens with zero attached hydrogens (tertiary/aromatic N) is 3. The molecule has 0 radical (unpaired) electrons. The number of aryl methyl sites for hydroxylation is 2. The van der Waals surface area contributed by atoms with E-state index in [0.717, 1.165) is 44.9 Å². The van der Waals surface area contributed by atoms with Crippen molar-refractivity contribution in [3.8, 4) is 11.3 Å². The summed E-state index contributed by atoms with van der Waals surface area (Å²) in [5, 5.41) is 10.1. The van der Waals surface area contributed by atoms with Crippen LogP contribution >= 0.6 is 0 Å². The lowest BCUT2D eigenvalue weighted by molar-refractivity contribution is -0.116. The van der Waals surface area contributed by atoms with Gasteiger partial charge >= 0.3 is 0 Å². The molecule has 2 aromatic heterocycles. The third kappa shape index (κ3) is 3.76. The van der Waals surface area contributed by atoms with Crippen LogP contribution in [-0.2, 0) is 11.2 Å². The predicted octanol–water partition coefficient (Wildman–Crippen LogP) is 4.21. The van der Waals surface area contributed by atoms with Crippen LogP contribution in [-0.4, -0.2) is 26.1 Å². The van der Waals surface area contributed by atoms with Crippen molar-refractivity contribution in [1.29, 1.82) is 0 Å². The fourth-order valence-corrected chi connectivity index (χ4v) is 3.26. The molecule has 0 aliphatic heterocycles. The predicted molar refractivity (Wildman–Crippen MR) is 110 cm³/mol. The van der Waals surface area contributed by atoms with Crippen LogP contribution in [0.2, 0.25) is 0 Å². The van der Waals surface area contributed by atoms with Gasteiger partial charge in [-0.15, -0.1) is 0 Å². The molecule has 0 aliphatic rings. The Morgan fingerprint density at radius 1 is 1.07 bits per heavy atom. The van der Waals surface area contributed by atoms with Crippen molar-refractivity contribution >= 4 is 22.6 Å². The Balaban J connectivity index is 1.48. The van der Waals surface area contributed by atoms with Crippen LogP contribution in [0, 0.1) is 13.8 Å². The SMILES string of the molecule is Cc1n[nH]c(C)c1CCC(=O)Nc1cccc(-c2cnc3ccccc3n2)c1. The van der Waals surface area contributed by atoms with Crippen LogP contribution in [0.15, 0.2) is 54.7 Å². The molecule has 2 aromatic carbocycles. The molecule has 2 N–H and O–H groups in total. The van der Waals surface area contributed by atoms with Crippen molar-refractivity contribution < 1.29 is 4.79 Å². The Hall–Kier alpha value is -3.54. The van der Waals surface area contributed by atoms with Crippen molar-refractivity contribution in [2.24, 2.45) is 0 Å². The number of anilines is 1. The number of fused-ring (bicyclic) bond motifs is 1. The molecule has 28 heavy (non-hydrogen) atoms. The van der Waals surface area contributed by atoms with Gasteiger partial charge in [0.2, 0.25) is 5.91 Å². The average molecular weight is 371 g/mol. The van der Waals surface area contributed by atoms with E-state index < -0.39 is 0 Å². The second kappa shape index (κ2) is 7.60. The number of hydrogen-bond acceptors (Lipinski definition) is 4. The van der Waals surface area contributed by atoms with E-state index >= 15 is 0 Å². The minimum atomic E-state index is -0.0262. The number of hydrogen-bond donors (Lipinski definition) is 2. The highest BCUT2D eigenvalue weighted by Crippen LogP contribution is 2.22. The highest BCUT2D eigenvalue weighted by molar-refractivity contribution is 5.91. The number of rotatable bonds is 5. The van der Waals surface area contributed by atoms with E-state index in [0.29, 0.717) is 12.8 Å². The summed E-state index contributed by atoms with van der Waals surface area (Å²) in [6.07, 6.45) is 2.82. The van der Waals surface area contributed by atoms with Crippen molar-refractivity contribution in [3.05, 3.63) is 71.7 Å².